The third-order valence-corrected chi connectivity index (χ3v) is 3.92. The molecule has 0 saturated carbocycles. The number of hydrogen-bond acceptors (Lipinski definition) is 3. The van der Waals surface area contributed by atoms with E-state index in [1.807, 2.05) is 42.2 Å². The minimum Gasteiger partial charge on any atom is -0.478 e. The maximum Gasteiger partial charge on any atom is 0.337 e. The molecule has 0 amide bonds. The number of nitrogens with zero attached hydrogens (tertiary/aromatic N) is 1. The van der Waals surface area contributed by atoms with Gasteiger partial charge in [0, 0.05) is 26.4 Å². The number of carbonyl (C=O) groups is 1. The van der Waals surface area contributed by atoms with Crippen molar-refractivity contribution in [1.82, 2.24) is 4.90 Å². The van der Waals surface area contributed by atoms with Crippen molar-refractivity contribution in [1.29, 1.82) is 0 Å². The van der Waals surface area contributed by atoms with Crippen molar-refractivity contribution in [2.24, 2.45) is 0 Å². The van der Waals surface area contributed by atoms with E-state index in [4.69, 9.17) is 4.74 Å². The maximum atomic E-state index is 11.5. The van der Waals surface area contributed by atoms with Crippen LogP contribution in [-0.4, -0.2) is 35.7 Å². The summed E-state index contributed by atoms with van der Waals surface area (Å²) in [5, 5.41) is 9.43. The molecule has 0 aromatic heterocycles. The van der Waals surface area contributed by atoms with E-state index in [0.29, 0.717) is 12.1 Å². The zero-order valence-electron chi connectivity index (χ0n) is 13.2. The fraction of sp³-hybridized carbons (Fsp3) is 0.389. The van der Waals surface area contributed by atoms with Crippen LogP contribution in [0.15, 0.2) is 53.8 Å². The molecular formula is C18H23NO3. The second kappa shape index (κ2) is 7.80. The van der Waals surface area contributed by atoms with Crippen LogP contribution in [0.1, 0.15) is 25.3 Å². The zero-order valence-corrected chi connectivity index (χ0v) is 13.2. The Kier molecular flexibility index (Phi) is 5.78. The molecule has 1 unspecified atom stereocenters. The molecule has 1 aromatic carbocycles. The summed E-state index contributed by atoms with van der Waals surface area (Å²) in [6.07, 6.45) is 5.13. The highest BCUT2D eigenvalue weighted by molar-refractivity contribution is 5.90. The third kappa shape index (κ3) is 4.21. The summed E-state index contributed by atoms with van der Waals surface area (Å²) >= 11 is 0. The predicted molar refractivity (Wildman–Crippen MR) is 86.4 cm³/mol. The smallest absolute Gasteiger partial charge is 0.337 e. The Morgan fingerprint density at radius 3 is 2.68 bits per heavy atom. The van der Waals surface area contributed by atoms with Gasteiger partial charge in [0.05, 0.1) is 11.7 Å². The van der Waals surface area contributed by atoms with Gasteiger partial charge in [-0.1, -0.05) is 37.3 Å². The van der Waals surface area contributed by atoms with Gasteiger partial charge >= 0.3 is 5.97 Å². The number of rotatable bonds is 5. The van der Waals surface area contributed by atoms with E-state index in [2.05, 4.69) is 0 Å². The molecule has 0 saturated heterocycles. The van der Waals surface area contributed by atoms with Gasteiger partial charge in [0.1, 0.15) is 0 Å². The highest BCUT2D eigenvalue weighted by Crippen LogP contribution is 2.21. The average Bonchev–Trinajstić information content (AvgIpc) is 2.51. The van der Waals surface area contributed by atoms with Gasteiger partial charge in [-0.2, -0.15) is 0 Å². The van der Waals surface area contributed by atoms with Crippen molar-refractivity contribution in [3.8, 4) is 0 Å². The van der Waals surface area contributed by atoms with Crippen LogP contribution >= 0.6 is 0 Å². The van der Waals surface area contributed by atoms with Gasteiger partial charge in [-0.05, 0) is 30.1 Å². The van der Waals surface area contributed by atoms with Crippen LogP contribution < -0.4 is 0 Å². The van der Waals surface area contributed by atoms with Gasteiger partial charge in [-0.25, -0.2) is 4.79 Å². The minimum absolute atomic E-state index is 0.0219. The van der Waals surface area contributed by atoms with Crippen LogP contribution in [0.3, 0.4) is 0 Å². The van der Waals surface area contributed by atoms with E-state index in [1.165, 1.54) is 0 Å². The van der Waals surface area contributed by atoms with Crippen LogP contribution in [-0.2, 0) is 16.1 Å². The quantitative estimate of drug-likeness (QED) is 0.907. The van der Waals surface area contributed by atoms with E-state index in [-0.39, 0.29) is 6.10 Å². The van der Waals surface area contributed by atoms with Crippen molar-refractivity contribution >= 4 is 5.97 Å². The number of carboxylic acid groups (broad SMARTS) is 1. The highest BCUT2D eigenvalue weighted by Gasteiger charge is 2.19. The van der Waals surface area contributed by atoms with E-state index in [0.717, 1.165) is 30.5 Å². The first kappa shape index (κ1) is 16.3. The van der Waals surface area contributed by atoms with E-state index >= 15 is 0 Å². The molecule has 1 aromatic rings. The molecule has 4 heteroatoms. The number of aliphatic carboxylic acids is 1. The SMILES string of the molecule is CC/C1=C/C(C(=O)O)=C\N(Cc2ccccc2)CCC1OC. The Morgan fingerprint density at radius 2 is 2.09 bits per heavy atom. The molecule has 0 fully saturated rings. The van der Waals surface area contributed by atoms with Gasteiger partial charge in [-0.15, -0.1) is 0 Å². The Morgan fingerprint density at radius 1 is 1.36 bits per heavy atom. The summed E-state index contributed by atoms with van der Waals surface area (Å²) in [5.41, 5.74) is 2.52. The number of hydrogen-bond donors (Lipinski definition) is 1. The fourth-order valence-electron chi connectivity index (χ4n) is 2.72. The number of benzene rings is 1. The van der Waals surface area contributed by atoms with Crippen molar-refractivity contribution in [2.75, 3.05) is 13.7 Å². The first-order chi connectivity index (χ1) is 10.6. The van der Waals surface area contributed by atoms with Crippen molar-refractivity contribution in [2.45, 2.75) is 32.4 Å². The monoisotopic (exact) mass is 301 g/mol. The van der Waals surface area contributed by atoms with Crippen molar-refractivity contribution < 1.29 is 14.6 Å². The molecule has 1 heterocycles. The summed E-state index contributed by atoms with van der Waals surface area (Å²) in [7, 11) is 1.68. The predicted octanol–water partition coefficient (Wildman–Crippen LogP) is 3.21. The fourth-order valence-corrected chi connectivity index (χ4v) is 2.72. The van der Waals surface area contributed by atoms with Gasteiger partial charge in [0.15, 0.2) is 0 Å². The number of carboxylic acids is 1. The van der Waals surface area contributed by atoms with E-state index in [1.54, 1.807) is 19.4 Å². The molecule has 22 heavy (non-hydrogen) atoms. The topological polar surface area (TPSA) is 49.8 Å². The molecular weight excluding hydrogens is 278 g/mol. The lowest BCUT2D eigenvalue weighted by atomic mass is 9.99. The molecule has 4 nitrogen and oxygen atoms in total. The lowest BCUT2D eigenvalue weighted by Gasteiger charge is -2.27. The molecule has 0 radical (unpaired) electrons. The molecule has 1 aliphatic heterocycles. The van der Waals surface area contributed by atoms with Gasteiger partial charge in [-0.3, -0.25) is 0 Å². The molecule has 1 atom stereocenters. The normalized spacial score (nSPS) is 23.7. The minimum atomic E-state index is -0.902. The first-order valence-corrected chi connectivity index (χ1v) is 7.60. The largest absolute Gasteiger partial charge is 0.478 e. The van der Waals surface area contributed by atoms with Gasteiger partial charge in [0.25, 0.3) is 0 Å². The lowest BCUT2D eigenvalue weighted by molar-refractivity contribution is -0.132. The zero-order chi connectivity index (χ0) is 15.9. The van der Waals surface area contributed by atoms with Gasteiger partial charge < -0.3 is 14.7 Å². The summed E-state index contributed by atoms with van der Waals surface area (Å²) in [4.78, 5) is 13.5. The Bertz CT molecular complexity index is 563. The Balaban J connectivity index is 2.28. The van der Waals surface area contributed by atoms with Crippen molar-refractivity contribution in [3.05, 3.63) is 59.3 Å². The molecule has 1 N–H and O–H groups in total. The lowest BCUT2D eigenvalue weighted by Crippen LogP contribution is -2.27. The first-order valence-electron chi connectivity index (χ1n) is 7.60. The standard InChI is InChI=1S/C18H23NO3/c1-3-15-11-16(18(20)21)13-19(10-9-17(15)22-2)12-14-7-5-4-6-8-14/h4-8,11,13,17H,3,9-10,12H2,1-2H3,(H,20,21)/b15-11-,16-13+. The summed E-state index contributed by atoms with van der Waals surface area (Å²) in [5.74, 6) is -0.902. The molecule has 2 rings (SSSR count). The second-order valence-electron chi connectivity index (χ2n) is 5.43. The summed E-state index contributed by atoms with van der Waals surface area (Å²) < 4.78 is 5.54. The van der Waals surface area contributed by atoms with Crippen LogP contribution in [0.2, 0.25) is 0 Å². The van der Waals surface area contributed by atoms with E-state index in [9.17, 15) is 9.90 Å². The summed E-state index contributed by atoms with van der Waals surface area (Å²) in [6, 6.07) is 10.1. The van der Waals surface area contributed by atoms with Crippen LogP contribution in [0.4, 0.5) is 0 Å². The Hall–Kier alpha value is -2.07. The molecule has 0 spiro atoms. The van der Waals surface area contributed by atoms with E-state index < -0.39 is 5.97 Å². The number of ether oxygens (including phenoxy) is 1. The summed E-state index contributed by atoms with van der Waals surface area (Å²) in [6.45, 7) is 3.49. The van der Waals surface area contributed by atoms with Crippen LogP contribution in [0.25, 0.3) is 0 Å². The molecule has 1 aliphatic rings. The Labute approximate surface area is 131 Å². The number of methoxy groups -OCH3 is 1. The van der Waals surface area contributed by atoms with Gasteiger partial charge in [0.2, 0.25) is 0 Å². The molecule has 0 aliphatic carbocycles. The van der Waals surface area contributed by atoms with Crippen LogP contribution in [0.5, 0.6) is 0 Å². The molecule has 118 valence electrons. The highest BCUT2D eigenvalue weighted by atomic mass is 16.5. The maximum absolute atomic E-state index is 11.5. The van der Waals surface area contributed by atoms with Crippen LogP contribution in [0, 0.1) is 0 Å². The average molecular weight is 301 g/mol. The molecule has 0 bridgehead atoms. The third-order valence-electron chi connectivity index (χ3n) is 3.92. The van der Waals surface area contributed by atoms with Crippen molar-refractivity contribution in [3.63, 3.8) is 0 Å². The second-order valence-corrected chi connectivity index (χ2v) is 5.43.